The Morgan fingerprint density at radius 2 is 1.78 bits per heavy atom. The van der Waals surface area contributed by atoms with E-state index in [1.54, 1.807) is 4.57 Å². The normalized spacial score (nSPS) is 14.2. The van der Waals surface area contributed by atoms with Crippen molar-refractivity contribution in [3.8, 4) is 22.5 Å². The van der Waals surface area contributed by atoms with E-state index in [9.17, 15) is 9.59 Å². The first kappa shape index (κ1) is 23.9. The standard InChI is InChI=1S/C28H32N6O2/c1-2-3-13-25-26(19-35)34(22-9-5-4-6-10-22)28(36)33(25)18-20-14-16-21(17-15-20)23-11-7-8-12-24(23)27-29-31-32-30-27/h7-8,11-12,14-17,19,22H,2-6,9-10,13,18H2,1H3,(H,29,30,31,32). The fourth-order valence-electron chi connectivity index (χ4n) is 5.40. The number of nitrogens with zero attached hydrogens (tertiary/aromatic N) is 5. The highest BCUT2D eigenvalue weighted by molar-refractivity contribution is 5.80. The van der Waals surface area contributed by atoms with Crippen LogP contribution in [0.3, 0.4) is 0 Å². The zero-order valence-corrected chi connectivity index (χ0v) is 20.7. The van der Waals surface area contributed by atoms with Gasteiger partial charge in [-0.1, -0.05) is 81.1 Å². The quantitative estimate of drug-likeness (QED) is 0.329. The Labute approximate surface area is 210 Å². The molecule has 2 aromatic heterocycles. The summed E-state index contributed by atoms with van der Waals surface area (Å²) < 4.78 is 3.63. The van der Waals surface area contributed by atoms with Crippen molar-refractivity contribution in [2.24, 2.45) is 0 Å². The van der Waals surface area contributed by atoms with Gasteiger partial charge in [-0.05, 0) is 52.8 Å². The van der Waals surface area contributed by atoms with Gasteiger partial charge >= 0.3 is 5.69 Å². The topological polar surface area (TPSA) is 98.5 Å². The number of nitrogens with one attached hydrogen (secondary N) is 1. The molecule has 36 heavy (non-hydrogen) atoms. The van der Waals surface area contributed by atoms with Crippen LogP contribution in [0.1, 0.15) is 79.7 Å². The van der Waals surface area contributed by atoms with Crippen molar-refractivity contribution < 1.29 is 4.79 Å². The van der Waals surface area contributed by atoms with E-state index in [1.165, 1.54) is 6.42 Å². The van der Waals surface area contributed by atoms with Crippen LogP contribution in [0.2, 0.25) is 0 Å². The van der Waals surface area contributed by atoms with E-state index in [-0.39, 0.29) is 11.7 Å². The van der Waals surface area contributed by atoms with Gasteiger partial charge in [0.15, 0.2) is 12.1 Å². The van der Waals surface area contributed by atoms with E-state index in [0.29, 0.717) is 18.1 Å². The van der Waals surface area contributed by atoms with Gasteiger partial charge in [-0.3, -0.25) is 13.9 Å². The van der Waals surface area contributed by atoms with Crippen LogP contribution in [-0.4, -0.2) is 36.0 Å². The van der Waals surface area contributed by atoms with Crippen molar-refractivity contribution >= 4 is 6.29 Å². The number of carbonyl (C=O) groups is 1. The van der Waals surface area contributed by atoms with E-state index in [1.807, 2.05) is 28.8 Å². The number of tetrazole rings is 1. The molecule has 0 saturated heterocycles. The van der Waals surface area contributed by atoms with E-state index < -0.39 is 0 Å². The molecule has 1 aliphatic carbocycles. The van der Waals surface area contributed by atoms with Gasteiger partial charge in [-0.2, -0.15) is 0 Å². The minimum Gasteiger partial charge on any atom is -0.296 e. The third kappa shape index (κ3) is 4.67. The number of hydrogen-bond acceptors (Lipinski definition) is 5. The summed E-state index contributed by atoms with van der Waals surface area (Å²) >= 11 is 0. The fraction of sp³-hybridized carbons (Fsp3) is 0.393. The van der Waals surface area contributed by atoms with Gasteiger partial charge in [-0.25, -0.2) is 9.89 Å². The van der Waals surface area contributed by atoms with Crippen molar-refractivity contribution in [1.82, 2.24) is 29.8 Å². The van der Waals surface area contributed by atoms with Crippen LogP contribution >= 0.6 is 0 Å². The van der Waals surface area contributed by atoms with E-state index >= 15 is 0 Å². The lowest BCUT2D eigenvalue weighted by atomic mass is 9.95. The number of aromatic amines is 1. The lowest BCUT2D eigenvalue weighted by molar-refractivity contribution is 0.111. The number of carbonyl (C=O) groups excluding carboxylic acids is 1. The van der Waals surface area contributed by atoms with Gasteiger partial charge in [0.1, 0.15) is 5.69 Å². The molecule has 4 aromatic rings. The van der Waals surface area contributed by atoms with Crippen LogP contribution in [0, 0.1) is 0 Å². The molecule has 186 valence electrons. The molecule has 8 heteroatoms. The van der Waals surface area contributed by atoms with E-state index in [2.05, 4.69) is 51.8 Å². The van der Waals surface area contributed by atoms with E-state index in [0.717, 1.165) is 79.2 Å². The largest absolute Gasteiger partial charge is 0.329 e. The second kappa shape index (κ2) is 10.8. The van der Waals surface area contributed by atoms with Crippen molar-refractivity contribution in [2.75, 3.05) is 0 Å². The summed E-state index contributed by atoms with van der Waals surface area (Å²) in [5, 5.41) is 14.3. The van der Waals surface area contributed by atoms with Crippen molar-refractivity contribution in [1.29, 1.82) is 0 Å². The van der Waals surface area contributed by atoms with Gasteiger partial charge in [0.2, 0.25) is 0 Å². The maximum atomic E-state index is 13.6. The molecule has 0 bridgehead atoms. The van der Waals surface area contributed by atoms with Crippen LogP contribution in [0.4, 0.5) is 0 Å². The molecule has 1 N–H and O–H groups in total. The zero-order valence-electron chi connectivity index (χ0n) is 20.7. The zero-order chi connectivity index (χ0) is 24.9. The Hall–Kier alpha value is -3.81. The fourth-order valence-corrected chi connectivity index (χ4v) is 5.40. The Kier molecular flexibility index (Phi) is 7.21. The minimum atomic E-state index is -0.0534. The lowest BCUT2D eigenvalue weighted by Gasteiger charge is -2.23. The Balaban J connectivity index is 1.48. The third-order valence-corrected chi connectivity index (χ3v) is 7.27. The predicted octanol–water partition coefficient (Wildman–Crippen LogP) is 5.21. The molecule has 2 heterocycles. The summed E-state index contributed by atoms with van der Waals surface area (Å²) in [7, 11) is 0. The number of H-pyrrole nitrogens is 1. The molecule has 0 aliphatic heterocycles. The molecule has 1 aliphatic rings. The molecule has 0 spiro atoms. The number of rotatable bonds is 9. The summed E-state index contributed by atoms with van der Waals surface area (Å²) in [6.07, 6.45) is 8.94. The lowest BCUT2D eigenvalue weighted by Crippen LogP contribution is -2.30. The van der Waals surface area contributed by atoms with Gasteiger partial charge in [-0.15, -0.1) is 5.10 Å². The maximum Gasteiger partial charge on any atom is 0.329 e. The van der Waals surface area contributed by atoms with Crippen molar-refractivity contribution in [2.45, 2.75) is 70.9 Å². The van der Waals surface area contributed by atoms with Gasteiger partial charge in [0.25, 0.3) is 0 Å². The highest BCUT2D eigenvalue weighted by atomic mass is 16.2. The first-order chi connectivity index (χ1) is 17.7. The summed E-state index contributed by atoms with van der Waals surface area (Å²) in [6.45, 7) is 2.58. The minimum absolute atomic E-state index is 0.0534. The SMILES string of the molecule is CCCCc1c(C=O)n(C2CCCCC2)c(=O)n1Cc1ccc(-c2ccccc2-c2nnn[nH]2)cc1. The van der Waals surface area contributed by atoms with Crippen LogP contribution < -0.4 is 5.69 Å². The van der Waals surface area contributed by atoms with Crippen LogP contribution in [0.5, 0.6) is 0 Å². The van der Waals surface area contributed by atoms with Gasteiger partial charge in [0, 0.05) is 11.6 Å². The highest BCUT2D eigenvalue weighted by Crippen LogP contribution is 2.31. The van der Waals surface area contributed by atoms with Crippen LogP contribution in [-0.2, 0) is 13.0 Å². The van der Waals surface area contributed by atoms with Crippen LogP contribution in [0.25, 0.3) is 22.5 Å². The molecule has 0 unspecified atom stereocenters. The molecule has 1 saturated carbocycles. The summed E-state index contributed by atoms with van der Waals surface area (Å²) in [6, 6.07) is 16.3. The Morgan fingerprint density at radius 1 is 1.03 bits per heavy atom. The van der Waals surface area contributed by atoms with Crippen molar-refractivity contribution in [3.63, 3.8) is 0 Å². The van der Waals surface area contributed by atoms with Crippen molar-refractivity contribution in [3.05, 3.63) is 76.0 Å². The predicted molar refractivity (Wildman–Crippen MR) is 139 cm³/mol. The molecule has 8 nitrogen and oxygen atoms in total. The highest BCUT2D eigenvalue weighted by Gasteiger charge is 2.26. The first-order valence-electron chi connectivity index (χ1n) is 12.9. The molecular formula is C28H32N6O2. The smallest absolute Gasteiger partial charge is 0.296 e. The van der Waals surface area contributed by atoms with Gasteiger partial charge < -0.3 is 0 Å². The molecule has 2 aromatic carbocycles. The summed E-state index contributed by atoms with van der Waals surface area (Å²) in [5.74, 6) is 0.618. The molecule has 0 radical (unpaired) electrons. The number of imidazole rings is 1. The van der Waals surface area contributed by atoms with Gasteiger partial charge in [0.05, 0.1) is 12.2 Å². The number of aromatic nitrogens is 6. The number of benzene rings is 2. The monoisotopic (exact) mass is 484 g/mol. The van der Waals surface area contributed by atoms with E-state index in [4.69, 9.17) is 0 Å². The first-order valence-corrected chi connectivity index (χ1v) is 12.9. The number of unbranched alkanes of at least 4 members (excludes halogenated alkanes) is 1. The third-order valence-electron chi connectivity index (χ3n) is 7.27. The number of aldehydes is 1. The maximum absolute atomic E-state index is 13.6. The Bertz CT molecular complexity index is 1360. The average Bonchev–Trinajstić information content (AvgIpc) is 3.55. The second-order valence-electron chi connectivity index (χ2n) is 9.58. The average molecular weight is 485 g/mol. The molecule has 0 amide bonds. The molecule has 1 fully saturated rings. The number of hydrogen-bond donors (Lipinski definition) is 1. The molecule has 0 atom stereocenters. The van der Waals surface area contributed by atoms with Crippen LogP contribution in [0.15, 0.2) is 53.3 Å². The molecular weight excluding hydrogens is 452 g/mol. The second-order valence-corrected chi connectivity index (χ2v) is 9.58. The summed E-state index contributed by atoms with van der Waals surface area (Å²) in [5.41, 5.74) is 5.40. The molecule has 5 rings (SSSR count). The Morgan fingerprint density at radius 3 is 2.44 bits per heavy atom. The summed E-state index contributed by atoms with van der Waals surface area (Å²) in [4.78, 5) is 25.9.